The van der Waals surface area contributed by atoms with Gasteiger partial charge in [-0.3, -0.25) is 4.79 Å². The molecule has 5 nitrogen and oxygen atoms in total. The number of halogens is 2. The lowest BCUT2D eigenvalue weighted by atomic mass is 10.1. The van der Waals surface area contributed by atoms with Gasteiger partial charge in [0.05, 0.1) is 10.2 Å². The van der Waals surface area contributed by atoms with Crippen molar-refractivity contribution in [3.8, 4) is 5.75 Å². The van der Waals surface area contributed by atoms with Crippen molar-refractivity contribution in [3.63, 3.8) is 0 Å². The molecule has 1 amide bonds. The van der Waals surface area contributed by atoms with Crippen molar-refractivity contribution >= 4 is 49.2 Å². The molecule has 0 fully saturated rings. The van der Waals surface area contributed by atoms with Crippen LogP contribution in [-0.2, 0) is 4.79 Å². The Hall–Kier alpha value is -1.86. The number of rotatable bonds is 5. The van der Waals surface area contributed by atoms with Crippen molar-refractivity contribution in [2.24, 2.45) is 5.10 Å². The zero-order valence-electron chi connectivity index (χ0n) is 13.3. The highest BCUT2D eigenvalue weighted by molar-refractivity contribution is 9.11. The van der Waals surface area contributed by atoms with Crippen molar-refractivity contribution in [1.29, 1.82) is 0 Å². The second-order valence-electron chi connectivity index (χ2n) is 5.18. The molecule has 0 unspecified atom stereocenters. The summed E-state index contributed by atoms with van der Waals surface area (Å²) in [6.45, 7) is 3.59. The van der Waals surface area contributed by atoms with E-state index in [0.717, 1.165) is 20.1 Å². The number of anilines is 1. The monoisotopic (exact) mass is 453 g/mol. The van der Waals surface area contributed by atoms with E-state index in [1.807, 2.05) is 38.1 Å². The Labute approximate surface area is 157 Å². The molecule has 2 aromatic carbocycles. The van der Waals surface area contributed by atoms with Gasteiger partial charge >= 0.3 is 0 Å². The van der Waals surface area contributed by atoms with Gasteiger partial charge in [0.15, 0.2) is 6.61 Å². The van der Waals surface area contributed by atoms with Crippen LogP contribution in [0, 0.1) is 6.92 Å². The van der Waals surface area contributed by atoms with Crippen molar-refractivity contribution in [2.45, 2.75) is 13.8 Å². The van der Waals surface area contributed by atoms with Crippen LogP contribution in [0.1, 0.15) is 18.1 Å². The molecule has 0 heterocycles. The van der Waals surface area contributed by atoms with Crippen molar-refractivity contribution in [3.05, 3.63) is 56.5 Å². The number of amides is 1. The SMILES string of the molecule is C/C(=N/NC(=O)COc1c(C)cc(Br)cc1Br)c1ccc(N)cc1. The summed E-state index contributed by atoms with van der Waals surface area (Å²) in [4.78, 5) is 11.9. The molecule has 2 rings (SSSR count). The minimum absolute atomic E-state index is 0.125. The van der Waals surface area contributed by atoms with Gasteiger partial charge in [-0.2, -0.15) is 5.10 Å². The van der Waals surface area contributed by atoms with Gasteiger partial charge in [-0.25, -0.2) is 5.43 Å². The zero-order valence-corrected chi connectivity index (χ0v) is 16.4. The fraction of sp³-hybridized carbons (Fsp3) is 0.176. The Kier molecular flexibility index (Phi) is 6.39. The minimum atomic E-state index is -0.334. The summed E-state index contributed by atoms with van der Waals surface area (Å²) in [5.41, 5.74) is 11.3. The van der Waals surface area contributed by atoms with E-state index >= 15 is 0 Å². The number of carbonyl (C=O) groups is 1. The van der Waals surface area contributed by atoms with E-state index in [9.17, 15) is 4.79 Å². The molecule has 0 bridgehead atoms. The van der Waals surface area contributed by atoms with E-state index in [1.54, 1.807) is 12.1 Å². The van der Waals surface area contributed by atoms with Gasteiger partial charge in [0.2, 0.25) is 0 Å². The number of nitrogens with zero attached hydrogens (tertiary/aromatic N) is 1. The highest BCUT2D eigenvalue weighted by atomic mass is 79.9. The van der Waals surface area contributed by atoms with Gasteiger partial charge in [0.25, 0.3) is 5.91 Å². The summed E-state index contributed by atoms with van der Waals surface area (Å²) >= 11 is 6.83. The quantitative estimate of drug-likeness (QED) is 0.407. The van der Waals surface area contributed by atoms with Crippen LogP contribution in [0.3, 0.4) is 0 Å². The first-order valence-corrected chi connectivity index (χ1v) is 8.73. The van der Waals surface area contributed by atoms with Gasteiger partial charge in [0.1, 0.15) is 5.75 Å². The van der Waals surface area contributed by atoms with E-state index in [1.165, 1.54) is 0 Å². The highest BCUT2D eigenvalue weighted by Crippen LogP contribution is 2.32. The van der Waals surface area contributed by atoms with Crippen LogP contribution in [0.25, 0.3) is 0 Å². The number of hydrogen-bond donors (Lipinski definition) is 2. The smallest absolute Gasteiger partial charge is 0.277 e. The summed E-state index contributed by atoms with van der Waals surface area (Å²) in [6.07, 6.45) is 0. The standard InChI is InChI=1S/C17H17Br2N3O2/c1-10-7-13(18)8-15(19)17(10)24-9-16(23)22-21-11(2)12-3-5-14(20)6-4-12/h3-8H,9,20H2,1-2H3,(H,22,23)/b21-11-. The number of benzene rings is 2. The number of ether oxygens (including phenoxy) is 1. The molecular weight excluding hydrogens is 438 g/mol. The van der Waals surface area contributed by atoms with Crippen molar-refractivity contribution < 1.29 is 9.53 Å². The second-order valence-corrected chi connectivity index (χ2v) is 6.95. The topological polar surface area (TPSA) is 76.7 Å². The van der Waals surface area contributed by atoms with Gasteiger partial charge in [-0.1, -0.05) is 28.1 Å². The van der Waals surface area contributed by atoms with Gasteiger partial charge in [0, 0.05) is 10.2 Å². The molecule has 126 valence electrons. The molecule has 0 spiro atoms. The van der Waals surface area contributed by atoms with Crippen LogP contribution in [-0.4, -0.2) is 18.2 Å². The van der Waals surface area contributed by atoms with Gasteiger partial charge in [-0.05, 0) is 65.2 Å². The summed E-state index contributed by atoms with van der Waals surface area (Å²) in [7, 11) is 0. The molecule has 24 heavy (non-hydrogen) atoms. The number of hydrogen-bond acceptors (Lipinski definition) is 4. The number of hydrazone groups is 1. The predicted molar refractivity (Wildman–Crippen MR) is 103 cm³/mol. The maximum absolute atomic E-state index is 11.9. The first-order valence-electron chi connectivity index (χ1n) is 7.14. The van der Waals surface area contributed by atoms with E-state index in [0.29, 0.717) is 17.1 Å². The summed E-state index contributed by atoms with van der Waals surface area (Å²) in [6, 6.07) is 11.0. The Bertz CT molecular complexity index is 751. The molecule has 3 N–H and O–H groups in total. The van der Waals surface area contributed by atoms with Gasteiger partial charge < -0.3 is 10.5 Å². The third-order valence-corrected chi connectivity index (χ3v) is 4.27. The maximum Gasteiger partial charge on any atom is 0.277 e. The average molecular weight is 455 g/mol. The molecule has 0 aliphatic carbocycles. The van der Waals surface area contributed by atoms with E-state index in [4.69, 9.17) is 10.5 Å². The van der Waals surface area contributed by atoms with E-state index < -0.39 is 0 Å². The number of nitrogens with two attached hydrogens (primary N) is 1. The van der Waals surface area contributed by atoms with Gasteiger partial charge in [-0.15, -0.1) is 0 Å². The fourth-order valence-electron chi connectivity index (χ4n) is 1.98. The van der Waals surface area contributed by atoms with Crippen LogP contribution in [0.5, 0.6) is 5.75 Å². The first-order chi connectivity index (χ1) is 11.4. The van der Waals surface area contributed by atoms with Crippen LogP contribution in [0.15, 0.2) is 50.4 Å². The average Bonchev–Trinajstić information content (AvgIpc) is 2.52. The summed E-state index contributed by atoms with van der Waals surface area (Å²) < 4.78 is 7.29. The molecule has 0 aliphatic heterocycles. The lowest BCUT2D eigenvalue weighted by Crippen LogP contribution is -2.25. The van der Waals surface area contributed by atoms with Crippen LogP contribution in [0.2, 0.25) is 0 Å². The lowest BCUT2D eigenvalue weighted by Gasteiger charge is -2.11. The molecule has 7 heteroatoms. The Balaban J connectivity index is 1.94. The third kappa shape index (κ3) is 5.07. The third-order valence-electron chi connectivity index (χ3n) is 3.22. The molecular formula is C17H17Br2N3O2. The number of nitrogens with one attached hydrogen (secondary N) is 1. The second kappa shape index (κ2) is 8.30. The summed E-state index contributed by atoms with van der Waals surface area (Å²) in [5, 5.41) is 4.07. The number of nitrogen functional groups attached to an aromatic ring is 1. The molecule has 0 aromatic heterocycles. The minimum Gasteiger partial charge on any atom is -0.482 e. The van der Waals surface area contributed by atoms with Crippen molar-refractivity contribution in [1.82, 2.24) is 5.43 Å². The first kappa shape index (κ1) is 18.5. The highest BCUT2D eigenvalue weighted by Gasteiger charge is 2.09. The number of aryl methyl sites for hydroxylation is 1. The molecule has 0 radical (unpaired) electrons. The maximum atomic E-state index is 11.9. The van der Waals surface area contributed by atoms with E-state index in [-0.39, 0.29) is 12.5 Å². The van der Waals surface area contributed by atoms with E-state index in [2.05, 4.69) is 42.4 Å². The zero-order chi connectivity index (χ0) is 17.7. The Morgan fingerprint density at radius 2 is 1.92 bits per heavy atom. The number of carbonyl (C=O) groups excluding carboxylic acids is 1. The largest absolute Gasteiger partial charge is 0.482 e. The molecule has 0 atom stereocenters. The molecule has 2 aromatic rings. The lowest BCUT2D eigenvalue weighted by molar-refractivity contribution is -0.123. The van der Waals surface area contributed by atoms with Crippen LogP contribution < -0.4 is 15.9 Å². The Morgan fingerprint density at radius 1 is 1.25 bits per heavy atom. The predicted octanol–water partition coefficient (Wildman–Crippen LogP) is 4.02. The Morgan fingerprint density at radius 3 is 2.54 bits per heavy atom. The summed E-state index contributed by atoms with van der Waals surface area (Å²) in [5.74, 6) is 0.298. The molecule has 0 saturated heterocycles. The van der Waals surface area contributed by atoms with Crippen LogP contribution >= 0.6 is 31.9 Å². The normalized spacial score (nSPS) is 11.2. The molecule has 0 aliphatic rings. The molecule has 0 saturated carbocycles. The van der Waals surface area contributed by atoms with Crippen LogP contribution in [0.4, 0.5) is 5.69 Å². The van der Waals surface area contributed by atoms with Crippen molar-refractivity contribution in [2.75, 3.05) is 12.3 Å². The fourth-order valence-corrected chi connectivity index (χ4v) is 3.53.